The van der Waals surface area contributed by atoms with E-state index >= 15 is 0 Å². The third-order valence-corrected chi connectivity index (χ3v) is 3.33. The monoisotopic (exact) mass is 301 g/mol. The number of carbonyl (C=O) groups excluding carboxylic acids is 1. The van der Waals surface area contributed by atoms with Gasteiger partial charge in [-0.3, -0.25) is 9.69 Å². The van der Waals surface area contributed by atoms with Crippen molar-refractivity contribution in [1.82, 2.24) is 4.90 Å². The van der Waals surface area contributed by atoms with E-state index in [9.17, 15) is 18.0 Å². The minimum Gasteiger partial charge on any atom is -0.399 e. The van der Waals surface area contributed by atoms with E-state index in [2.05, 4.69) is 5.32 Å². The molecular formula is C14H18F3N3O. The van der Waals surface area contributed by atoms with Crippen molar-refractivity contribution in [2.75, 3.05) is 24.1 Å². The van der Waals surface area contributed by atoms with E-state index < -0.39 is 18.6 Å². The highest BCUT2D eigenvalue weighted by atomic mass is 19.4. The number of nitrogens with zero attached hydrogens (tertiary/aromatic N) is 1. The zero-order valence-corrected chi connectivity index (χ0v) is 11.7. The van der Waals surface area contributed by atoms with Gasteiger partial charge in [0, 0.05) is 17.4 Å². The van der Waals surface area contributed by atoms with Gasteiger partial charge in [-0.1, -0.05) is 6.07 Å². The Kier molecular flexibility index (Phi) is 4.41. The zero-order chi connectivity index (χ0) is 15.6. The fourth-order valence-corrected chi connectivity index (χ4v) is 2.13. The number of benzene rings is 1. The minimum absolute atomic E-state index is 0.140. The number of nitrogen functional groups attached to an aromatic ring is 1. The summed E-state index contributed by atoms with van der Waals surface area (Å²) in [4.78, 5) is 13.1. The Hall–Kier alpha value is -1.76. The van der Waals surface area contributed by atoms with Crippen LogP contribution < -0.4 is 11.1 Å². The standard InChI is InChI=1S/C14H18F3N3O/c1-9-2-3-10(18)6-12(9)19-13(21)7-20(11-4-5-11)8-14(15,16)17/h2-3,6,11H,4-5,7-8,18H2,1H3,(H,19,21). The Morgan fingerprint density at radius 3 is 2.67 bits per heavy atom. The van der Waals surface area contributed by atoms with Crippen LogP contribution >= 0.6 is 0 Å². The maximum absolute atomic E-state index is 12.5. The van der Waals surface area contributed by atoms with Crippen LogP contribution in [0.5, 0.6) is 0 Å². The van der Waals surface area contributed by atoms with Crippen molar-refractivity contribution in [3.8, 4) is 0 Å². The van der Waals surface area contributed by atoms with Crippen LogP contribution in [-0.4, -0.2) is 36.1 Å². The molecule has 0 radical (unpaired) electrons. The number of anilines is 2. The number of carbonyl (C=O) groups is 1. The Balaban J connectivity index is 1.97. The molecule has 116 valence electrons. The molecule has 2 rings (SSSR count). The van der Waals surface area contributed by atoms with Crippen LogP contribution in [0.15, 0.2) is 18.2 Å². The second kappa shape index (κ2) is 5.93. The largest absolute Gasteiger partial charge is 0.401 e. The number of hydrogen-bond donors (Lipinski definition) is 2. The summed E-state index contributed by atoms with van der Waals surface area (Å²) in [7, 11) is 0. The van der Waals surface area contributed by atoms with Gasteiger partial charge in [-0.25, -0.2) is 0 Å². The van der Waals surface area contributed by atoms with Gasteiger partial charge in [0.05, 0.1) is 13.1 Å². The first-order valence-electron chi connectivity index (χ1n) is 6.71. The van der Waals surface area contributed by atoms with Crippen molar-refractivity contribution in [3.05, 3.63) is 23.8 Å². The molecule has 7 heteroatoms. The van der Waals surface area contributed by atoms with Crippen molar-refractivity contribution in [3.63, 3.8) is 0 Å². The fraction of sp³-hybridized carbons (Fsp3) is 0.500. The first kappa shape index (κ1) is 15.6. The van der Waals surface area contributed by atoms with E-state index in [-0.39, 0.29) is 12.6 Å². The van der Waals surface area contributed by atoms with Gasteiger partial charge in [-0.05, 0) is 37.5 Å². The molecule has 0 aromatic heterocycles. The summed E-state index contributed by atoms with van der Waals surface area (Å²) in [6.45, 7) is 0.475. The summed E-state index contributed by atoms with van der Waals surface area (Å²) >= 11 is 0. The summed E-state index contributed by atoms with van der Waals surface area (Å²) in [5.74, 6) is -0.458. The molecule has 1 aromatic rings. The van der Waals surface area contributed by atoms with E-state index in [0.29, 0.717) is 24.2 Å². The summed E-state index contributed by atoms with van der Waals surface area (Å²) in [5.41, 5.74) is 7.47. The molecule has 1 aliphatic rings. The number of halogens is 3. The molecule has 1 amide bonds. The van der Waals surface area contributed by atoms with Crippen molar-refractivity contribution >= 4 is 17.3 Å². The highest BCUT2D eigenvalue weighted by molar-refractivity contribution is 5.93. The molecule has 1 saturated carbocycles. The third kappa shape index (κ3) is 4.93. The molecule has 0 aliphatic heterocycles. The second-order valence-corrected chi connectivity index (χ2v) is 5.37. The molecule has 0 heterocycles. The molecule has 1 aromatic carbocycles. The van der Waals surface area contributed by atoms with Crippen molar-refractivity contribution in [2.45, 2.75) is 32.0 Å². The van der Waals surface area contributed by atoms with Gasteiger partial charge in [-0.15, -0.1) is 0 Å². The number of hydrogen-bond acceptors (Lipinski definition) is 3. The van der Waals surface area contributed by atoms with Crippen LogP contribution in [0.2, 0.25) is 0 Å². The zero-order valence-electron chi connectivity index (χ0n) is 11.7. The van der Waals surface area contributed by atoms with E-state index in [1.165, 1.54) is 4.90 Å². The highest BCUT2D eigenvalue weighted by Gasteiger charge is 2.38. The molecule has 0 unspecified atom stereocenters. The van der Waals surface area contributed by atoms with Crippen molar-refractivity contribution < 1.29 is 18.0 Å². The minimum atomic E-state index is -4.30. The number of alkyl halides is 3. The number of nitrogens with two attached hydrogens (primary N) is 1. The van der Waals surface area contributed by atoms with Gasteiger partial charge in [-0.2, -0.15) is 13.2 Å². The first-order valence-corrected chi connectivity index (χ1v) is 6.71. The summed E-state index contributed by atoms with van der Waals surface area (Å²) in [6.07, 6.45) is -2.88. The lowest BCUT2D eigenvalue weighted by atomic mass is 10.2. The van der Waals surface area contributed by atoms with Crippen molar-refractivity contribution in [1.29, 1.82) is 0 Å². The molecular weight excluding hydrogens is 283 g/mol. The molecule has 1 aliphatic carbocycles. The van der Waals surface area contributed by atoms with Crippen LogP contribution in [0, 0.1) is 6.92 Å². The lowest BCUT2D eigenvalue weighted by Crippen LogP contribution is -2.41. The summed E-state index contributed by atoms with van der Waals surface area (Å²) < 4.78 is 37.5. The van der Waals surface area contributed by atoms with Gasteiger partial charge < -0.3 is 11.1 Å². The van der Waals surface area contributed by atoms with Gasteiger partial charge in [0.1, 0.15) is 0 Å². The molecule has 4 nitrogen and oxygen atoms in total. The highest BCUT2D eigenvalue weighted by Crippen LogP contribution is 2.30. The van der Waals surface area contributed by atoms with Crippen LogP contribution in [0.25, 0.3) is 0 Å². The fourth-order valence-electron chi connectivity index (χ4n) is 2.13. The lowest BCUT2D eigenvalue weighted by molar-refractivity contribution is -0.149. The summed E-state index contributed by atoms with van der Waals surface area (Å²) in [5, 5.41) is 2.62. The lowest BCUT2D eigenvalue weighted by Gasteiger charge is -2.22. The maximum atomic E-state index is 12.5. The maximum Gasteiger partial charge on any atom is 0.401 e. The van der Waals surface area contributed by atoms with E-state index in [1.54, 1.807) is 25.1 Å². The quantitative estimate of drug-likeness (QED) is 0.822. The van der Waals surface area contributed by atoms with E-state index in [0.717, 1.165) is 5.56 Å². The van der Waals surface area contributed by atoms with Gasteiger partial charge in [0.15, 0.2) is 0 Å². The average molecular weight is 301 g/mol. The van der Waals surface area contributed by atoms with Gasteiger partial charge in [0.2, 0.25) is 5.91 Å². The molecule has 0 bridgehead atoms. The van der Waals surface area contributed by atoms with Crippen LogP contribution in [0.1, 0.15) is 18.4 Å². The molecule has 0 saturated heterocycles. The molecule has 0 spiro atoms. The predicted molar refractivity (Wildman–Crippen MR) is 74.9 cm³/mol. The number of amides is 1. The molecule has 21 heavy (non-hydrogen) atoms. The van der Waals surface area contributed by atoms with Gasteiger partial charge >= 0.3 is 6.18 Å². The second-order valence-electron chi connectivity index (χ2n) is 5.37. The normalized spacial score (nSPS) is 15.3. The predicted octanol–water partition coefficient (Wildman–Crippen LogP) is 2.54. The topological polar surface area (TPSA) is 58.4 Å². The first-order chi connectivity index (χ1) is 9.74. The molecule has 0 atom stereocenters. The van der Waals surface area contributed by atoms with Crippen LogP contribution in [-0.2, 0) is 4.79 Å². The molecule has 3 N–H and O–H groups in total. The number of aryl methyl sites for hydroxylation is 1. The van der Waals surface area contributed by atoms with Gasteiger partial charge in [0.25, 0.3) is 0 Å². The summed E-state index contributed by atoms with van der Waals surface area (Å²) in [6, 6.07) is 4.91. The number of rotatable bonds is 5. The number of nitrogens with one attached hydrogen (secondary N) is 1. The van der Waals surface area contributed by atoms with E-state index in [1.807, 2.05) is 0 Å². The Bertz CT molecular complexity index is 527. The molecule has 1 fully saturated rings. The van der Waals surface area contributed by atoms with Crippen LogP contribution in [0.3, 0.4) is 0 Å². The smallest absolute Gasteiger partial charge is 0.399 e. The average Bonchev–Trinajstić information content (AvgIpc) is 3.15. The third-order valence-electron chi connectivity index (χ3n) is 3.33. The SMILES string of the molecule is Cc1ccc(N)cc1NC(=O)CN(CC(F)(F)F)C1CC1. The Labute approximate surface area is 121 Å². The Morgan fingerprint density at radius 1 is 1.43 bits per heavy atom. The van der Waals surface area contributed by atoms with Crippen molar-refractivity contribution in [2.24, 2.45) is 0 Å². The van der Waals surface area contributed by atoms with Crippen LogP contribution in [0.4, 0.5) is 24.5 Å². The van der Waals surface area contributed by atoms with E-state index in [4.69, 9.17) is 5.73 Å². The Morgan fingerprint density at radius 2 is 2.10 bits per heavy atom.